The Bertz CT molecular complexity index is 1290. The van der Waals surface area contributed by atoms with Crippen molar-refractivity contribution >= 4 is 33.0 Å². The molecule has 3 aromatic rings. The minimum atomic E-state index is -3.45. The van der Waals surface area contributed by atoms with Gasteiger partial charge in [0.05, 0.1) is 46.6 Å². The largest absolute Gasteiger partial charge is 0.477 e. The summed E-state index contributed by atoms with van der Waals surface area (Å²) in [7, 11) is -3.45. The van der Waals surface area contributed by atoms with E-state index in [0.717, 1.165) is 11.3 Å². The number of ether oxygens (including phenoxy) is 1. The molecule has 3 N–H and O–H groups in total. The number of aliphatic hydroxyl groups excluding tert-OH is 1. The number of nitrogens with one attached hydrogen (secondary N) is 2. The van der Waals surface area contributed by atoms with Crippen LogP contribution in [-0.4, -0.2) is 57.8 Å². The quantitative estimate of drug-likeness (QED) is 0.347. The number of carbonyl (C=O) groups excluding carboxylic acids is 1. The van der Waals surface area contributed by atoms with Crippen LogP contribution in [0, 0.1) is 5.92 Å². The molecule has 0 radical (unpaired) electrons. The molecule has 3 aromatic heterocycles. The van der Waals surface area contributed by atoms with Gasteiger partial charge in [-0.1, -0.05) is 6.92 Å². The second kappa shape index (κ2) is 10.6. The summed E-state index contributed by atoms with van der Waals surface area (Å²) in [6.45, 7) is 3.85. The summed E-state index contributed by atoms with van der Waals surface area (Å²) in [6, 6.07) is 2.45. The van der Waals surface area contributed by atoms with E-state index in [4.69, 9.17) is 4.74 Å². The third kappa shape index (κ3) is 6.10. The van der Waals surface area contributed by atoms with E-state index >= 15 is 0 Å². The summed E-state index contributed by atoms with van der Waals surface area (Å²) in [4.78, 5) is 30.7. The third-order valence-electron chi connectivity index (χ3n) is 5.32. The zero-order chi connectivity index (χ0) is 25.0. The van der Waals surface area contributed by atoms with Crippen molar-refractivity contribution in [1.29, 1.82) is 0 Å². The van der Waals surface area contributed by atoms with Crippen molar-refractivity contribution in [2.75, 3.05) is 17.9 Å². The highest BCUT2D eigenvalue weighted by Crippen LogP contribution is 2.31. The van der Waals surface area contributed by atoms with Gasteiger partial charge in [0.25, 0.3) is 5.91 Å². The van der Waals surface area contributed by atoms with Crippen LogP contribution in [0.1, 0.15) is 48.2 Å². The smallest absolute Gasteiger partial charge is 0.280 e. The van der Waals surface area contributed by atoms with Crippen molar-refractivity contribution in [3.63, 3.8) is 0 Å². The van der Waals surface area contributed by atoms with E-state index in [1.807, 2.05) is 6.92 Å². The van der Waals surface area contributed by atoms with Gasteiger partial charge in [-0.25, -0.2) is 18.4 Å². The summed E-state index contributed by atoms with van der Waals surface area (Å²) >= 11 is 1.14. The van der Waals surface area contributed by atoms with Crippen molar-refractivity contribution in [2.24, 2.45) is 5.92 Å². The van der Waals surface area contributed by atoms with Crippen LogP contribution in [0.25, 0.3) is 10.6 Å². The first-order valence-corrected chi connectivity index (χ1v) is 13.5. The number of carbonyl (C=O) groups is 1. The lowest BCUT2D eigenvalue weighted by atomic mass is 9.99. The molecule has 0 unspecified atom stereocenters. The van der Waals surface area contributed by atoms with Crippen LogP contribution in [0.4, 0.5) is 5.69 Å². The molecule has 11 nitrogen and oxygen atoms in total. The number of aliphatic hydroxyl groups is 1. The maximum atomic E-state index is 13.0. The average molecular weight is 519 g/mol. The molecule has 35 heavy (non-hydrogen) atoms. The van der Waals surface area contributed by atoms with Crippen LogP contribution in [0.15, 0.2) is 36.9 Å². The number of pyridine rings is 1. The third-order valence-corrected chi connectivity index (χ3v) is 8.21. The Morgan fingerprint density at radius 3 is 2.80 bits per heavy atom. The maximum Gasteiger partial charge on any atom is 0.280 e. The minimum absolute atomic E-state index is 0.198. The minimum Gasteiger partial charge on any atom is -0.477 e. The van der Waals surface area contributed by atoms with Crippen molar-refractivity contribution in [3.05, 3.63) is 47.6 Å². The predicted molar refractivity (Wildman–Crippen MR) is 131 cm³/mol. The fraction of sp³-hybridized carbons (Fsp3) is 0.409. The van der Waals surface area contributed by atoms with Crippen molar-refractivity contribution in [2.45, 2.75) is 38.0 Å². The Morgan fingerprint density at radius 2 is 2.09 bits per heavy atom. The second-order valence-corrected chi connectivity index (χ2v) is 11.1. The van der Waals surface area contributed by atoms with E-state index in [1.54, 1.807) is 25.3 Å². The molecule has 0 saturated heterocycles. The number of hydrogen-bond donors (Lipinski definition) is 3. The van der Waals surface area contributed by atoms with Gasteiger partial charge < -0.3 is 15.2 Å². The van der Waals surface area contributed by atoms with Crippen molar-refractivity contribution in [3.8, 4) is 16.5 Å². The zero-order valence-corrected chi connectivity index (χ0v) is 20.8. The normalized spacial score (nSPS) is 15.3. The Morgan fingerprint density at radius 1 is 1.29 bits per heavy atom. The monoisotopic (exact) mass is 518 g/mol. The van der Waals surface area contributed by atoms with E-state index in [9.17, 15) is 18.3 Å². The van der Waals surface area contributed by atoms with Crippen molar-refractivity contribution in [1.82, 2.24) is 25.3 Å². The Labute approximate surface area is 207 Å². The lowest BCUT2D eigenvalue weighted by Gasteiger charge is -2.23. The highest BCUT2D eigenvalue weighted by atomic mass is 32.2. The molecule has 13 heteroatoms. The highest BCUT2D eigenvalue weighted by Gasteiger charge is 2.36. The van der Waals surface area contributed by atoms with Crippen LogP contribution >= 0.6 is 11.3 Å². The summed E-state index contributed by atoms with van der Waals surface area (Å²) in [5.41, 5.74) is 1.31. The molecule has 0 bridgehead atoms. The predicted octanol–water partition coefficient (Wildman–Crippen LogP) is 2.40. The van der Waals surface area contributed by atoms with Gasteiger partial charge in [0.2, 0.25) is 15.9 Å². The van der Waals surface area contributed by atoms with E-state index in [-0.39, 0.29) is 16.9 Å². The van der Waals surface area contributed by atoms with Gasteiger partial charge in [0, 0.05) is 24.9 Å². The molecule has 1 saturated carbocycles. The first-order valence-electron chi connectivity index (χ1n) is 11.1. The van der Waals surface area contributed by atoms with Gasteiger partial charge in [0.1, 0.15) is 5.69 Å². The number of hydrogen-bond acceptors (Lipinski definition) is 10. The molecule has 0 aliphatic heterocycles. The topological polar surface area (TPSA) is 156 Å². The molecule has 2 atom stereocenters. The molecule has 3 heterocycles. The molecule has 0 aromatic carbocycles. The van der Waals surface area contributed by atoms with Crippen LogP contribution in [0.2, 0.25) is 0 Å². The van der Waals surface area contributed by atoms with Gasteiger partial charge in [-0.3, -0.25) is 19.5 Å². The molecular formula is C22H26N6O5S2. The molecule has 186 valence electrons. The molecule has 1 aliphatic carbocycles. The standard InChI is InChI=1S/C22H26N6O5S2/c1-3-33-19-11-23-9-17(26-19)18-10-25-22(34-18)21(30)27-20(13(2)12-29)16-8-14(6-7-24-16)28-35(31,32)15-4-5-15/h6-11,13,15,20,29H,3-5,12H2,1-2H3,(H,24,28)(H,27,30)/t13-,20+/m0/s1. The van der Waals surface area contributed by atoms with Gasteiger partial charge >= 0.3 is 0 Å². The molecule has 1 aliphatic rings. The van der Waals surface area contributed by atoms with Gasteiger partial charge in [0.15, 0.2) is 5.01 Å². The van der Waals surface area contributed by atoms with E-state index in [2.05, 4.69) is 30.0 Å². The van der Waals surface area contributed by atoms with Crippen LogP contribution < -0.4 is 14.8 Å². The van der Waals surface area contributed by atoms with Crippen LogP contribution in [0.5, 0.6) is 5.88 Å². The molecule has 1 amide bonds. The van der Waals surface area contributed by atoms with E-state index in [1.165, 1.54) is 18.6 Å². The molecule has 0 spiro atoms. The number of thiazole rings is 1. The van der Waals surface area contributed by atoms with Crippen LogP contribution in [0.3, 0.4) is 0 Å². The number of anilines is 1. The van der Waals surface area contributed by atoms with Gasteiger partial charge in [-0.15, -0.1) is 11.3 Å². The summed E-state index contributed by atoms with van der Waals surface area (Å²) in [6.07, 6.45) is 7.36. The highest BCUT2D eigenvalue weighted by molar-refractivity contribution is 7.93. The number of nitrogens with zero attached hydrogens (tertiary/aromatic N) is 4. The Balaban J connectivity index is 1.52. The SMILES string of the molecule is CCOc1cncc(-c2cnc(C(=O)N[C@@H](c3cc(NS(=O)(=O)C4CC4)ccn3)[C@@H](C)CO)s2)n1. The van der Waals surface area contributed by atoms with Gasteiger partial charge in [-0.2, -0.15) is 0 Å². The first kappa shape index (κ1) is 24.9. The summed E-state index contributed by atoms with van der Waals surface area (Å²) in [5.74, 6) is -0.467. The number of amides is 1. The van der Waals surface area contributed by atoms with E-state index < -0.39 is 27.9 Å². The lowest BCUT2D eigenvalue weighted by molar-refractivity contribution is 0.0906. The fourth-order valence-electron chi connectivity index (χ4n) is 3.31. The number of rotatable bonds is 11. The van der Waals surface area contributed by atoms with Crippen molar-refractivity contribution < 1.29 is 23.1 Å². The van der Waals surface area contributed by atoms with Gasteiger partial charge in [-0.05, 0) is 31.9 Å². The average Bonchev–Trinajstić information content (AvgIpc) is 3.60. The number of aromatic nitrogens is 4. The first-order chi connectivity index (χ1) is 16.8. The number of sulfonamides is 1. The maximum absolute atomic E-state index is 13.0. The second-order valence-electron chi connectivity index (χ2n) is 8.13. The molecule has 1 fully saturated rings. The lowest BCUT2D eigenvalue weighted by Crippen LogP contribution is -2.34. The van der Waals surface area contributed by atoms with E-state index in [0.29, 0.717) is 47.3 Å². The fourth-order valence-corrected chi connectivity index (χ4v) is 5.46. The van der Waals surface area contributed by atoms with Crippen LogP contribution in [-0.2, 0) is 10.0 Å². The molecular weight excluding hydrogens is 492 g/mol. The summed E-state index contributed by atoms with van der Waals surface area (Å²) < 4.78 is 32.6. The Hall–Kier alpha value is -3.16. The molecule has 4 rings (SSSR count). The summed E-state index contributed by atoms with van der Waals surface area (Å²) in [5, 5.41) is 12.5. The zero-order valence-electron chi connectivity index (χ0n) is 19.2. The Kier molecular flexibility index (Phi) is 7.57.